The van der Waals surface area contributed by atoms with Gasteiger partial charge in [-0.2, -0.15) is 0 Å². The van der Waals surface area contributed by atoms with Crippen molar-refractivity contribution in [3.8, 4) is 23.1 Å². The van der Waals surface area contributed by atoms with Gasteiger partial charge < -0.3 is 4.74 Å². The lowest BCUT2D eigenvalue weighted by molar-refractivity contribution is 0.398. The lowest BCUT2D eigenvalue weighted by Gasteiger charge is -2.06. The van der Waals surface area contributed by atoms with Crippen LogP contribution >= 0.6 is 0 Å². The quantitative estimate of drug-likeness (QED) is 0.718. The van der Waals surface area contributed by atoms with Crippen LogP contribution in [-0.2, 0) is 0 Å². The Balaban J connectivity index is 2.04. The zero-order valence-electron chi connectivity index (χ0n) is 10.4. The Morgan fingerprint density at radius 1 is 1.00 bits per heavy atom. The van der Waals surface area contributed by atoms with Crippen molar-refractivity contribution in [1.29, 1.82) is 0 Å². The van der Waals surface area contributed by atoms with Crippen LogP contribution in [0.1, 0.15) is 0 Å². The molecule has 19 heavy (non-hydrogen) atoms. The fourth-order valence-corrected chi connectivity index (χ4v) is 1.83. The van der Waals surface area contributed by atoms with Gasteiger partial charge in [0.15, 0.2) is 0 Å². The molecule has 0 aliphatic carbocycles. The number of hydrogen-bond acceptors (Lipinski definition) is 4. The van der Waals surface area contributed by atoms with Gasteiger partial charge in [-0.25, -0.2) is 15.0 Å². The van der Waals surface area contributed by atoms with Gasteiger partial charge in [0, 0.05) is 36.4 Å². The van der Waals surface area contributed by atoms with Crippen LogP contribution in [0.2, 0.25) is 0 Å². The summed E-state index contributed by atoms with van der Waals surface area (Å²) in [6, 6.07) is 9.50. The molecule has 0 spiro atoms. The molecular weight excluding hydrogens is 240 g/mol. The third-order valence-corrected chi connectivity index (χ3v) is 2.74. The van der Waals surface area contributed by atoms with E-state index in [2.05, 4.69) is 15.0 Å². The number of aromatic nitrogens is 4. The Hall–Kier alpha value is -2.69. The minimum atomic E-state index is 0.583. The normalized spacial score (nSPS) is 10.4. The number of ether oxygens (including phenoxy) is 1. The van der Waals surface area contributed by atoms with Crippen molar-refractivity contribution in [2.45, 2.75) is 0 Å². The van der Waals surface area contributed by atoms with E-state index in [1.165, 1.54) is 0 Å². The highest BCUT2D eigenvalue weighted by molar-refractivity contribution is 5.57. The number of methoxy groups -OCH3 is 1. The first-order chi connectivity index (χ1) is 9.38. The Kier molecular flexibility index (Phi) is 2.94. The van der Waals surface area contributed by atoms with E-state index in [1.54, 1.807) is 25.7 Å². The Morgan fingerprint density at radius 2 is 1.95 bits per heavy atom. The van der Waals surface area contributed by atoms with Gasteiger partial charge in [0.2, 0.25) is 5.88 Å². The van der Waals surface area contributed by atoms with Gasteiger partial charge in [0.25, 0.3) is 0 Å². The molecule has 0 radical (unpaired) electrons. The first kappa shape index (κ1) is 11.4. The third kappa shape index (κ3) is 2.18. The maximum atomic E-state index is 5.05. The van der Waals surface area contributed by atoms with Crippen molar-refractivity contribution in [3.63, 3.8) is 0 Å². The molecule has 3 aromatic heterocycles. The Labute approximate surface area is 110 Å². The maximum Gasteiger partial charge on any atom is 0.212 e. The molecule has 0 saturated carbocycles. The number of hydrogen-bond donors (Lipinski definition) is 0. The minimum Gasteiger partial charge on any atom is -0.481 e. The van der Waals surface area contributed by atoms with Crippen molar-refractivity contribution in [2.75, 3.05) is 7.11 Å². The second-order valence-corrected chi connectivity index (χ2v) is 3.90. The summed E-state index contributed by atoms with van der Waals surface area (Å²) in [6.45, 7) is 0. The SMILES string of the molecule is COc1ccc(-c2nccn2-c2ccccn2)cn1. The molecule has 3 heterocycles. The van der Waals surface area contributed by atoms with E-state index in [9.17, 15) is 0 Å². The van der Waals surface area contributed by atoms with Gasteiger partial charge in [0.05, 0.1) is 7.11 Å². The van der Waals surface area contributed by atoms with E-state index in [0.29, 0.717) is 5.88 Å². The number of nitrogens with zero attached hydrogens (tertiary/aromatic N) is 4. The number of imidazole rings is 1. The van der Waals surface area contributed by atoms with E-state index >= 15 is 0 Å². The molecule has 0 fully saturated rings. The first-order valence-corrected chi connectivity index (χ1v) is 5.83. The summed E-state index contributed by atoms with van der Waals surface area (Å²) >= 11 is 0. The Bertz CT molecular complexity index is 661. The third-order valence-electron chi connectivity index (χ3n) is 2.74. The zero-order valence-corrected chi connectivity index (χ0v) is 10.4. The van der Waals surface area contributed by atoms with Gasteiger partial charge in [0.1, 0.15) is 11.6 Å². The van der Waals surface area contributed by atoms with Crippen molar-refractivity contribution >= 4 is 0 Å². The van der Waals surface area contributed by atoms with Crippen LogP contribution < -0.4 is 4.74 Å². The van der Waals surface area contributed by atoms with Crippen molar-refractivity contribution < 1.29 is 4.74 Å². The van der Waals surface area contributed by atoms with Crippen LogP contribution in [0, 0.1) is 0 Å². The summed E-state index contributed by atoms with van der Waals surface area (Å²) < 4.78 is 6.97. The number of pyridine rings is 2. The summed E-state index contributed by atoms with van der Waals surface area (Å²) in [5.74, 6) is 2.21. The van der Waals surface area contributed by atoms with Crippen LogP contribution in [0.5, 0.6) is 5.88 Å². The molecule has 0 atom stereocenters. The summed E-state index contributed by atoms with van der Waals surface area (Å²) in [5.41, 5.74) is 0.913. The fraction of sp³-hybridized carbons (Fsp3) is 0.0714. The minimum absolute atomic E-state index is 0.583. The molecular formula is C14H12N4O. The molecule has 3 rings (SSSR count). The standard InChI is InChI=1S/C14H12N4O/c1-19-13-6-5-11(10-17-13)14-16-8-9-18(14)12-4-2-3-7-15-12/h2-10H,1H3. The van der Waals surface area contributed by atoms with Gasteiger partial charge in [-0.05, 0) is 18.2 Å². The lowest BCUT2D eigenvalue weighted by atomic mass is 10.2. The predicted octanol–water partition coefficient (Wildman–Crippen LogP) is 2.34. The van der Waals surface area contributed by atoms with E-state index < -0.39 is 0 Å². The van der Waals surface area contributed by atoms with Crippen LogP contribution in [0.15, 0.2) is 55.1 Å². The van der Waals surface area contributed by atoms with Crippen molar-refractivity contribution in [2.24, 2.45) is 0 Å². The average molecular weight is 252 g/mol. The van der Waals surface area contributed by atoms with Crippen LogP contribution in [0.4, 0.5) is 0 Å². The molecule has 0 saturated heterocycles. The summed E-state index contributed by atoms with van der Waals surface area (Å²) in [4.78, 5) is 12.9. The molecule has 0 aromatic carbocycles. The molecule has 0 unspecified atom stereocenters. The first-order valence-electron chi connectivity index (χ1n) is 5.83. The number of rotatable bonds is 3. The van der Waals surface area contributed by atoms with E-state index in [1.807, 2.05) is 41.1 Å². The van der Waals surface area contributed by atoms with E-state index in [0.717, 1.165) is 17.2 Å². The molecule has 0 amide bonds. The van der Waals surface area contributed by atoms with Gasteiger partial charge in [-0.15, -0.1) is 0 Å². The van der Waals surface area contributed by atoms with Crippen LogP contribution in [-0.4, -0.2) is 26.6 Å². The molecule has 0 N–H and O–H groups in total. The zero-order chi connectivity index (χ0) is 13.1. The molecule has 5 heteroatoms. The highest BCUT2D eigenvalue weighted by Gasteiger charge is 2.08. The fourth-order valence-electron chi connectivity index (χ4n) is 1.83. The maximum absolute atomic E-state index is 5.05. The van der Waals surface area contributed by atoms with Gasteiger partial charge in [-0.3, -0.25) is 4.57 Å². The molecule has 5 nitrogen and oxygen atoms in total. The van der Waals surface area contributed by atoms with E-state index in [-0.39, 0.29) is 0 Å². The topological polar surface area (TPSA) is 52.8 Å². The summed E-state index contributed by atoms with van der Waals surface area (Å²) in [6.07, 6.45) is 7.11. The second-order valence-electron chi connectivity index (χ2n) is 3.90. The van der Waals surface area contributed by atoms with Gasteiger partial charge >= 0.3 is 0 Å². The lowest BCUT2D eigenvalue weighted by Crippen LogP contribution is -1.98. The highest BCUT2D eigenvalue weighted by atomic mass is 16.5. The molecule has 94 valence electrons. The van der Waals surface area contributed by atoms with Crippen LogP contribution in [0.3, 0.4) is 0 Å². The molecule has 0 aliphatic heterocycles. The van der Waals surface area contributed by atoms with Crippen molar-refractivity contribution in [3.05, 3.63) is 55.1 Å². The molecule has 0 bridgehead atoms. The van der Waals surface area contributed by atoms with Gasteiger partial charge in [-0.1, -0.05) is 6.07 Å². The summed E-state index contributed by atoms with van der Waals surface area (Å²) in [7, 11) is 1.59. The largest absolute Gasteiger partial charge is 0.481 e. The van der Waals surface area contributed by atoms with Crippen LogP contribution in [0.25, 0.3) is 17.2 Å². The predicted molar refractivity (Wildman–Crippen MR) is 71.1 cm³/mol. The molecule has 3 aromatic rings. The smallest absolute Gasteiger partial charge is 0.212 e. The summed E-state index contributed by atoms with van der Waals surface area (Å²) in [5, 5.41) is 0. The highest BCUT2D eigenvalue weighted by Crippen LogP contribution is 2.20. The van der Waals surface area contributed by atoms with Crippen molar-refractivity contribution in [1.82, 2.24) is 19.5 Å². The molecule has 0 aliphatic rings. The Morgan fingerprint density at radius 3 is 2.63 bits per heavy atom. The van der Waals surface area contributed by atoms with E-state index in [4.69, 9.17) is 4.74 Å². The second kappa shape index (κ2) is 4.89. The monoisotopic (exact) mass is 252 g/mol. The average Bonchev–Trinajstić information content (AvgIpc) is 2.98.